The van der Waals surface area contributed by atoms with Crippen molar-refractivity contribution < 1.29 is 14.6 Å². The number of nitrogens with two attached hydrogens (primary N) is 1. The van der Waals surface area contributed by atoms with Crippen LogP contribution in [0, 0.1) is 0 Å². The Balaban J connectivity index is 0.00000220. The summed E-state index contributed by atoms with van der Waals surface area (Å²) in [5.74, 6) is 0.515. The van der Waals surface area contributed by atoms with Crippen molar-refractivity contribution in [1.29, 1.82) is 0 Å². The SMILES string of the molecule is COc1cc(CNc2cc(C(N)=O)n(C)n2)ccc1O.Cl. The molecule has 1 aromatic carbocycles. The molecule has 0 fully saturated rings. The quantitative estimate of drug-likeness (QED) is 0.771. The van der Waals surface area contributed by atoms with E-state index in [0.29, 0.717) is 23.8 Å². The van der Waals surface area contributed by atoms with E-state index < -0.39 is 5.91 Å². The number of methoxy groups -OCH3 is 1. The number of anilines is 1. The lowest BCUT2D eigenvalue weighted by Crippen LogP contribution is -2.15. The van der Waals surface area contributed by atoms with Crippen LogP contribution in [0.3, 0.4) is 0 Å². The maximum atomic E-state index is 11.1. The van der Waals surface area contributed by atoms with E-state index in [1.165, 1.54) is 11.8 Å². The molecule has 0 aliphatic heterocycles. The largest absolute Gasteiger partial charge is 0.504 e. The molecule has 0 saturated heterocycles. The first-order chi connectivity index (χ1) is 9.51. The number of aromatic nitrogens is 2. The van der Waals surface area contributed by atoms with Gasteiger partial charge in [-0.25, -0.2) is 0 Å². The molecular formula is C13H17ClN4O3. The molecule has 0 radical (unpaired) electrons. The van der Waals surface area contributed by atoms with Crippen LogP contribution in [-0.2, 0) is 13.6 Å². The van der Waals surface area contributed by atoms with Crippen LogP contribution in [0.5, 0.6) is 11.5 Å². The number of rotatable bonds is 5. The fourth-order valence-corrected chi connectivity index (χ4v) is 1.81. The first-order valence-electron chi connectivity index (χ1n) is 5.95. The van der Waals surface area contributed by atoms with Gasteiger partial charge < -0.3 is 20.9 Å². The molecule has 0 unspecified atom stereocenters. The Kier molecular flexibility index (Phi) is 5.43. The van der Waals surface area contributed by atoms with Gasteiger partial charge in [0.05, 0.1) is 7.11 Å². The van der Waals surface area contributed by atoms with Crippen molar-refractivity contribution in [1.82, 2.24) is 9.78 Å². The van der Waals surface area contributed by atoms with Gasteiger partial charge >= 0.3 is 0 Å². The summed E-state index contributed by atoms with van der Waals surface area (Å²) in [7, 11) is 3.14. The smallest absolute Gasteiger partial charge is 0.267 e. The molecule has 0 saturated carbocycles. The molecule has 2 rings (SSSR count). The van der Waals surface area contributed by atoms with Crippen LogP contribution < -0.4 is 15.8 Å². The summed E-state index contributed by atoms with van der Waals surface area (Å²) in [4.78, 5) is 11.1. The minimum atomic E-state index is -0.528. The highest BCUT2D eigenvalue weighted by Crippen LogP contribution is 2.26. The van der Waals surface area contributed by atoms with E-state index >= 15 is 0 Å². The van der Waals surface area contributed by atoms with E-state index in [1.54, 1.807) is 31.3 Å². The van der Waals surface area contributed by atoms with Gasteiger partial charge in [-0.3, -0.25) is 9.48 Å². The molecule has 0 aliphatic rings. The summed E-state index contributed by atoms with van der Waals surface area (Å²) in [5, 5.41) is 16.7. The third-order valence-electron chi connectivity index (χ3n) is 2.85. The number of halogens is 1. The lowest BCUT2D eigenvalue weighted by molar-refractivity contribution is 0.0991. The number of benzene rings is 1. The molecule has 0 bridgehead atoms. The standard InChI is InChI=1S/C13H16N4O3.ClH/c1-17-9(13(14)19)6-12(16-17)15-7-8-3-4-10(18)11(5-8)20-2;/h3-6,18H,7H2,1-2H3,(H2,14,19)(H,15,16);1H. The molecule has 1 amide bonds. The summed E-state index contributed by atoms with van der Waals surface area (Å²) in [6.45, 7) is 0.478. The van der Waals surface area contributed by atoms with E-state index in [2.05, 4.69) is 10.4 Å². The number of phenols is 1. The van der Waals surface area contributed by atoms with Crippen molar-refractivity contribution in [2.45, 2.75) is 6.54 Å². The monoisotopic (exact) mass is 312 g/mol. The highest BCUT2D eigenvalue weighted by molar-refractivity contribution is 5.91. The average molecular weight is 313 g/mol. The Morgan fingerprint density at radius 2 is 2.19 bits per heavy atom. The summed E-state index contributed by atoms with van der Waals surface area (Å²) >= 11 is 0. The second-order valence-corrected chi connectivity index (χ2v) is 4.26. The second kappa shape index (κ2) is 6.85. The third-order valence-corrected chi connectivity index (χ3v) is 2.85. The van der Waals surface area contributed by atoms with Gasteiger partial charge in [-0.1, -0.05) is 6.07 Å². The predicted molar refractivity (Wildman–Crippen MR) is 81.0 cm³/mol. The second-order valence-electron chi connectivity index (χ2n) is 4.26. The van der Waals surface area contributed by atoms with Crippen molar-refractivity contribution in [2.24, 2.45) is 12.8 Å². The molecule has 0 atom stereocenters. The molecular weight excluding hydrogens is 296 g/mol. The number of nitrogens with zero attached hydrogens (tertiary/aromatic N) is 2. The van der Waals surface area contributed by atoms with Crippen LogP contribution in [0.15, 0.2) is 24.3 Å². The van der Waals surface area contributed by atoms with Gasteiger partial charge in [0.25, 0.3) is 5.91 Å². The number of primary amides is 1. The first kappa shape index (κ1) is 16.6. The van der Waals surface area contributed by atoms with Crippen molar-refractivity contribution in [3.05, 3.63) is 35.5 Å². The molecule has 0 aliphatic carbocycles. The molecule has 4 N–H and O–H groups in total. The highest BCUT2D eigenvalue weighted by atomic mass is 35.5. The predicted octanol–water partition coefficient (Wildman–Crippen LogP) is 1.27. The van der Waals surface area contributed by atoms with E-state index in [9.17, 15) is 9.90 Å². The van der Waals surface area contributed by atoms with Crippen molar-refractivity contribution in [3.63, 3.8) is 0 Å². The maximum absolute atomic E-state index is 11.1. The van der Waals surface area contributed by atoms with Crippen molar-refractivity contribution in [3.8, 4) is 11.5 Å². The molecule has 0 spiro atoms. The summed E-state index contributed by atoms with van der Waals surface area (Å²) in [6.07, 6.45) is 0. The van der Waals surface area contributed by atoms with E-state index in [-0.39, 0.29) is 18.2 Å². The Labute approximate surface area is 128 Å². The molecule has 21 heavy (non-hydrogen) atoms. The molecule has 1 heterocycles. The van der Waals surface area contributed by atoms with Gasteiger partial charge in [0, 0.05) is 19.7 Å². The van der Waals surface area contributed by atoms with Gasteiger partial charge in [-0.05, 0) is 17.7 Å². The van der Waals surface area contributed by atoms with E-state index in [0.717, 1.165) is 5.56 Å². The number of hydrogen-bond donors (Lipinski definition) is 3. The Morgan fingerprint density at radius 3 is 2.76 bits per heavy atom. The zero-order valence-electron chi connectivity index (χ0n) is 11.7. The molecule has 8 heteroatoms. The van der Waals surface area contributed by atoms with Gasteiger partial charge in [0.15, 0.2) is 11.5 Å². The van der Waals surface area contributed by atoms with E-state index in [1.807, 2.05) is 0 Å². The van der Waals surface area contributed by atoms with Crippen molar-refractivity contribution >= 4 is 24.1 Å². The Bertz CT molecular complexity index is 642. The average Bonchev–Trinajstić information content (AvgIpc) is 2.79. The van der Waals surface area contributed by atoms with E-state index in [4.69, 9.17) is 10.5 Å². The molecule has 114 valence electrons. The maximum Gasteiger partial charge on any atom is 0.267 e. The van der Waals surface area contributed by atoms with Crippen molar-refractivity contribution in [2.75, 3.05) is 12.4 Å². The topological polar surface area (TPSA) is 102 Å². The van der Waals surface area contributed by atoms with Crippen LogP contribution >= 0.6 is 12.4 Å². The Morgan fingerprint density at radius 1 is 1.48 bits per heavy atom. The zero-order valence-corrected chi connectivity index (χ0v) is 12.5. The van der Waals surface area contributed by atoms with Gasteiger partial charge in [0.2, 0.25) is 0 Å². The fourth-order valence-electron chi connectivity index (χ4n) is 1.81. The number of hydrogen-bond acceptors (Lipinski definition) is 5. The number of carbonyl (C=O) groups excluding carboxylic acids is 1. The van der Waals surface area contributed by atoms with Crippen LogP contribution in [0.25, 0.3) is 0 Å². The van der Waals surface area contributed by atoms with Crippen LogP contribution in [-0.4, -0.2) is 27.9 Å². The number of nitrogens with one attached hydrogen (secondary N) is 1. The van der Waals surface area contributed by atoms with Gasteiger partial charge in [0.1, 0.15) is 11.5 Å². The third kappa shape index (κ3) is 3.79. The van der Waals surface area contributed by atoms with Crippen LogP contribution in [0.2, 0.25) is 0 Å². The lowest BCUT2D eigenvalue weighted by atomic mass is 10.2. The number of ether oxygens (including phenoxy) is 1. The number of carbonyl (C=O) groups is 1. The first-order valence-corrected chi connectivity index (χ1v) is 5.95. The zero-order chi connectivity index (χ0) is 14.7. The number of phenolic OH excluding ortho intramolecular Hbond substituents is 1. The lowest BCUT2D eigenvalue weighted by Gasteiger charge is -2.07. The minimum Gasteiger partial charge on any atom is -0.504 e. The van der Waals surface area contributed by atoms with Gasteiger partial charge in [-0.2, -0.15) is 5.10 Å². The highest BCUT2D eigenvalue weighted by Gasteiger charge is 2.10. The van der Waals surface area contributed by atoms with Crippen LogP contribution in [0.1, 0.15) is 16.1 Å². The number of amides is 1. The minimum absolute atomic E-state index is 0. The number of aryl methyl sites for hydroxylation is 1. The Hall–Kier alpha value is -2.41. The van der Waals surface area contributed by atoms with Gasteiger partial charge in [-0.15, -0.1) is 12.4 Å². The van der Waals surface area contributed by atoms with Crippen LogP contribution in [0.4, 0.5) is 5.82 Å². The summed E-state index contributed by atoms with van der Waals surface area (Å²) < 4.78 is 6.45. The molecule has 1 aromatic heterocycles. The number of aromatic hydroxyl groups is 1. The summed E-state index contributed by atoms with van der Waals surface area (Å²) in [5.41, 5.74) is 6.46. The normalized spacial score (nSPS) is 9.81. The summed E-state index contributed by atoms with van der Waals surface area (Å²) in [6, 6.07) is 6.63. The molecule has 7 nitrogen and oxygen atoms in total. The molecule has 2 aromatic rings. The fraction of sp³-hybridized carbons (Fsp3) is 0.231.